The van der Waals surface area contributed by atoms with E-state index in [0.717, 1.165) is 31.6 Å². The zero-order valence-electron chi connectivity index (χ0n) is 18.8. The quantitative estimate of drug-likeness (QED) is 0.194. The Morgan fingerprint density at radius 2 is 1.48 bits per heavy atom. The highest BCUT2D eigenvalue weighted by atomic mass is 28.3. The predicted molar refractivity (Wildman–Crippen MR) is 119 cm³/mol. The second-order valence-corrected chi connectivity index (χ2v) is 12.6. The van der Waals surface area contributed by atoms with Gasteiger partial charge in [0.25, 0.3) is 0 Å². The molecule has 1 radical (unpaired) electrons. The SMILES string of the molecule is CCCCC[Si]1CCC(CCC2CCC(c3cc(F)c(OC(F)F)c(F)c3)CC2)CC1. The third kappa shape index (κ3) is 7.50. The van der Waals surface area contributed by atoms with E-state index >= 15 is 0 Å². The molecule has 2 aliphatic rings. The van der Waals surface area contributed by atoms with Crippen LogP contribution in [0.1, 0.15) is 89.0 Å². The van der Waals surface area contributed by atoms with Gasteiger partial charge in [-0.15, -0.1) is 0 Å². The summed E-state index contributed by atoms with van der Waals surface area (Å²) in [5.74, 6) is -1.33. The number of hydrogen-bond donors (Lipinski definition) is 0. The Kier molecular flexibility index (Phi) is 9.73. The first-order valence-electron chi connectivity index (χ1n) is 12.2. The smallest absolute Gasteiger partial charge is 0.387 e. The predicted octanol–water partition coefficient (Wildman–Crippen LogP) is 8.72. The third-order valence-corrected chi connectivity index (χ3v) is 10.5. The van der Waals surface area contributed by atoms with Crippen molar-refractivity contribution in [1.82, 2.24) is 0 Å². The second kappa shape index (κ2) is 12.3. The van der Waals surface area contributed by atoms with Gasteiger partial charge in [0.2, 0.25) is 0 Å². The lowest BCUT2D eigenvalue weighted by molar-refractivity contribution is -0.0546. The molecule has 0 N–H and O–H groups in total. The first kappa shape index (κ1) is 24.6. The van der Waals surface area contributed by atoms with Crippen LogP contribution in [0.4, 0.5) is 17.6 Å². The first-order chi connectivity index (χ1) is 15.0. The first-order valence-corrected chi connectivity index (χ1v) is 14.4. The van der Waals surface area contributed by atoms with E-state index in [4.69, 9.17) is 0 Å². The Hall–Kier alpha value is -1.04. The van der Waals surface area contributed by atoms with Crippen LogP contribution in [0, 0.1) is 23.5 Å². The van der Waals surface area contributed by atoms with Crippen LogP contribution in [-0.4, -0.2) is 15.4 Å². The van der Waals surface area contributed by atoms with Crippen LogP contribution in [0.15, 0.2) is 12.1 Å². The van der Waals surface area contributed by atoms with E-state index in [0.29, 0.717) is 11.5 Å². The van der Waals surface area contributed by atoms with Gasteiger partial charge in [0.1, 0.15) is 0 Å². The molecule has 0 aromatic heterocycles. The van der Waals surface area contributed by atoms with Crippen LogP contribution in [0.3, 0.4) is 0 Å². The second-order valence-electron chi connectivity index (χ2n) is 9.64. The Labute approximate surface area is 186 Å². The van der Waals surface area contributed by atoms with Crippen LogP contribution < -0.4 is 4.74 Å². The molecule has 1 saturated heterocycles. The summed E-state index contributed by atoms with van der Waals surface area (Å²) in [7, 11) is -0.0613. The lowest BCUT2D eigenvalue weighted by Gasteiger charge is -2.32. The molecule has 0 spiro atoms. The molecule has 3 rings (SSSR count). The molecule has 6 heteroatoms. The van der Waals surface area contributed by atoms with Crippen molar-refractivity contribution >= 4 is 8.80 Å². The average Bonchev–Trinajstić information content (AvgIpc) is 2.76. The van der Waals surface area contributed by atoms with Crippen molar-refractivity contribution in [3.05, 3.63) is 29.3 Å². The maximum atomic E-state index is 14.0. The zero-order valence-corrected chi connectivity index (χ0v) is 19.8. The van der Waals surface area contributed by atoms with Gasteiger partial charge in [-0.2, -0.15) is 8.78 Å². The van der Waals surface area contributed by atoms with Gasteiger partial charge in [-0.25, -0.2) is 8.78 Å². The van der Waals surface area contributed by atoms with Gasteiger partial charge in [0.05, 0.1) is 0 Å². The molecule has 1 aliphatic heterocycles. The molecule has 1 aromatic rings. The summed E-state index contributed by atoms with van der Waals surface area (Å²) in [6.07, 6.45) is 13.6. The summed E-state index contributed by atoms with van der Waals surface area (Å²) < 4.78 is 56.7. The Balaban J connectivity index is 1.39. The molecular formula is C25H37F4OSi. The maximum Gasteiger partial charge on any atom is 0.387 e. The van der Waals surface area contributed by atoms with E-state index in [2.05, 4.69) is 11.7 Å². The highest BCUT2D eigenvalue weighted by Gasteiger charge is 2.27. The molecule has 0 amide bonds. The van der Waals surface area contributed by atoms with Crippen molar-refractivity contribution in [3.8, 4) is 5.75 Å². The minimum absolute atomic E-state index is 0.0613. The number of alkyl halides is 2. The summed E-state index contributed by atoms with van der Waals surface area (Å²) in [5, 5.41) is 0. The number of ether oxygens (including phenoxy) is 1. The van der Waals surface area contributed by atoms with Crippen molar-refractivity contribution < 1.29 is 22.3 Å². The highest BCUT2D eigenvalue weighted by molar-refractivity contribution is 6.58. The molecule has 0 unspecified atom stereocenters. The molecule has 1 saturated carbocycles. The highest BCUT2D eigenvalue weighted by Crippen LogP contribution is 2.41. The van der Waals surface area contributed by atoms with Gasteiger partial charge < -0.3 is 4.74 Å². The van der Waals surface area contributed by atoms with Crippen molar-refractivity contribution in [2.24, 2.45) is 11.8 Å². The fraction of sp³-hybridized carbons (Fsp3) is 0.760. The number of benzene rings is 1. The maximum absolute atomic E-state index is 14.0. The van der Waals surface area contributed by atoms with Gasteiger partial charge in [-0.3, -0.25) is 0 Å². The molecule has 0 bridgehead atoms. The van der Waals surface area contributed by atoms with Gasteiger partial charge >= 0.3 is 6.61 Å². The summed E-state index contributed by atoms with van der Waals surface area (Å²) >= 11 is 0. The van der Waals surface area contributed by atoms with Crippen molar-refractivity contribution in [3.63, 3.8) is 0 Å². The molecule has 1 aromatic carbocycles. The molecule has 2 fully saturated rings. The standard InChI is InChI=1S/C25H37F4OSi/c1-2-3-4-13-31-14-11-19(12-15-31)6-5-18-7-9-20(10-8-18)21-16-22(26)24(23(27)17-21)30-25(28)29/h16-20,25H,2-15H2,1H3. The van der Waals surface area contributed by atoms with Gasteiger partial charge in [-0.05, 0) is 61.1 Å². The normalized spacial score (nSPS) is 23.4. The molecular weight excluding hydrogens is 420 g/mol. The topological polar surface area (TPSA) is 9.23 Å². The minimum Gasteiger partial charge on any atom is -0.429 e. The largest absolute Gasteiger partial charge is 0.429 e. The van der Waals surface area contributed by atoms with Crippen molar-refractivity contribution in [2.45, 2.75) is 108 Å². The Bertz CT molecular complexity index is 644. The van der Waals surface area contributed by atoms with E-state index in [1.807, 2.05) is 0 Å². The van der Waals surface area contributed by atoms with E-state index in [1.165, 1.54) is 75.2 Å². The summed E-state index contributed by atoms with van der Waals surface area (Å²) in [4.78, 5) is 0. The summed E-state index contributed by atoms with van der Waals surface area (Å²) in [5.41, 5.74) is 0.570. The van der Waals surface area contributed by atoms with Crippen LogP contribution >= 0.6 is 0 Å². The lowest BCUT2D eigenvalue weighted by atomic mass is 9.76. The van der Waals surface area contributed by atoms with Crippen LogP contribution in [0.25, 0.3) is 0 Å². The fourth-order valence-electron chi connectivity index (χ4n) is 5.52. The lowest BCUT2D eigenvalue weighted by Crippen LogP contribution is -2.22. The summed E-state index contributed by atoms with van der Waals surface area (Å²) in [6.45, 7) is -0.956. The van der Waals surface area contributed by atoms with Gasteiger partial charge in [0.15, 0.2) is 17.4 Å². The van der Waals surface area contributed by atoms with Gasteiger partial charge in [-0.1, -0.05) is 70.0 Å². The molecule has 175 valence electrons. The zero-order chi connectivity index (χ0) is 22.2. The number of halogens is 4. The number of unbranched alkanes of at least 4 members (excludes halogenated alkanes) is 2. The number of hydrogen-bond acceptors (Lipinski definition) is 1. The fourth-order valence-corrected chi connectivity index (χ4v) is 8.66. The molecule has 0 atom stereocenters. The number of rotatable bonds is 10. The summed E-state index contributed by atoms with van der Waals surface area (Å²) in [6, 6.07) is 6.88. The molecule has 31 heavy (non-hydrogen) atoms. The Morgan fingerprint density at radius 1 is 0.903 bits per heavy atom. The van der Waals surface area contributed by atoms with E-state index in [1.54, 1.807) is 0 Å². The Morgan fingerprint density at radius 3 is 2.03 bits per heavy atom. The van der Waals surface area contributed by atoms with Crippen LogP contribution in [-0.2, 0) is 0 Å². The van der Waals surface area contributed by atoms with E-state index in [9.17, 15) is 17.6 Å². The monoisotopic (exact) mass is 457 g/mol. The average molecular weight is 458 g/mol. The van der Waals surface area contributed by atoms with E-state index in [-0.39, 0.29) is 14.7 Å². The molecule has 1 aliphatic carbocycles. The van der Waals surface area contributed by atoms with Crippen LogP contribution in [0.2, 0.25) is 18.1 Å². The molecule has 1 heterocycles. The van der Waals surface area contributed by atoms with E-state index < -0.39 is 24.0 Å². The van der Waals surface area contributed by atoms with Crippen molar-refractivity contribution in [1.29, 1.82) is 0 Å². The van der Waals surface area contributed by atoms with Crippen molar-refractivity contribution in [2.75, 3.05) is 0 Å². The van der Waals surface area contributed by atoms with Gasteiger partial charge in [0, 0.05) is 8.80 Å². The minimum atomic E-state index is -3.23. The van der Waals surface area contributed by atoms with Crippen LogP contribution in [0.5, 0.6) is 5.75 Å². The third-order valence-electron chi connectivity index (χ3n) is 7.48. The molecule has 1 nitrogen and oxygen atoms in total.